The van der Waals surface area contributed by atoms with Crippen LogP contribution in [0.15, 0.2) is 42.1 Å². The largest absolute Gasteiger partial charge is 0.454 e. The minimum absolute atomic E-state index is 0.0690. The number of hydrogen-bond acceptors (Lipinski definition) is 4. The van der Waals surface area contributed by atoms with Crippen LogP contribution in [0.1, 0.15) is 19.4 Å². The third-order valence-corrected chi connectivity index (χ3v) is 4.01. The van der Waals surface area contributed by atoms with E-state index in [0.29, 0.717) is 17.5 Å². The molecule has 0 atom stereocenters. The van der Waals surface area contributed by atoms with Crippen molar-refractivity contribution in [3.63, 3.8) is 0 Å². The van der Waals surface area contributed by atoms with Gasteiger partial charge >= 0.3 is 6.18 Å². The summed E-state index contributed by atoms with van der Waals surface area (Å²) in [4.78, 5) is 23.0. The van der Waals surface area contributed by atoms with E-state index in [1.807, 2.05) is 13.8 Å². The zero-order valence-corrected chi connectivity index (χ0v) is 13.2. The number of ketones is 1. The number of rotatable bonds is 3. The van der Waals surface area contributed by atoms with Gasteiger partial charge in [-0.3, -0.25) is 14.9 Å². The number of non-ortho nitro benzene ring substituents is 1. The van der Waals surface area contributed by atoms with Gasteiger partial charge in [0.1, 0.15) is 0 Å². The number of carbonyl (C=O) groups is 1. The first-order chi connectivity index (χ1) is 11.0. The van der Waals surface area contributed by atoms with Crippen molar-refractivity contribution in [2.45, 2.75) is 25.4 Å². The summed E-state index contributed by atoms with van der Waals surface area (Å²) in [6, 6.07) is 4.44. The van der Waals surface area contributed by atoms with E-state index >= 15 is 0 Å². The second-order valence-corrected chi connectivity index (χ2v) is 5.92. The van der Waals surface area contributed by atoms with E-state index in [9.17, 15) is 28.1 Å². The van der Waals surface area contributed by atoms with Gasteiger partial charge in [-0.15, -0.1) is 0 Å². The summed E-state index contributed by atoms with van der Waals surface area (Å²) in [6.45, 7) is 3.71. The summed E-state index contributed by atoms with van der Waals surface area (Å²) in [5, 5.41) is 10.9. The monoisotopic (exact) mass is 340 g/mol. The molecule has 0 unspecified atom stereocenters. The molecule has 1 aliphatic rings. The van der Waals surface area contributed by atoms with Crippen molar-refractivity contribution in [1.29, 1.82) is 0 Å². The van der Waals surface area contributed by atoms with Crippen molar-refractivity contribution in [3.05, 3.63) is 57.8 Å². The average molecular weight is 340 g/mol. The van der Waals surface area contributed by atoms with E-state index < -0.39 is 22.3 Å². The molecule has 24 heavy (non-hydrogen) atoms. The molecule has 0 saturated carbocycles. The van der Waals surface area contributed by atoms with E-state index in [0.717, 1.165) is 11.6 Å². The maximum Gasteiger partial charge on any atom is 0.454 e. The van der Waals surface area contributed by atoms with Gasteiger partial charge in [-0.2, -0.15) is 13.2 Å². The molecule has 0 N–H and O–H groups in total. The molecule has 1 aromatic rings. The van der Waals surface area contributed by atoms with Crippen LogP contribution in [0.2, 0.25) is 0 Å². The van der Waals surface area contributed by atoms with Crippen LogP contribution < -0.4 is 4.90 Å². The smallest absolute Gasteiger partial charge is 0.347 e. The quantitative estimate of drug-likeness (QED) is 0.476. The Hall–Kier alpha value is -2.64. The Bertz CT molecular complexity index is 764. The summed E-state index contributed by atoms with van der Waals surface area (Å²) in [5.41, 5.74) is 1.42. The van der Waals surface area contributed by atoms with Gasteiger partial charge in [0.2, 0.25) is 0 Å². The van der Waals surface area contributed by atoms with Crippen LogP contribution >= 0.6 is 0 Å². The molecular weight excluding hydrogens is 325 g/mol. The first-order valence-corrected chi connectivity index (χ1v) is 6.99. The molecule has 0 radical (unpaired) electrons. The fourth-order valence-corrected chi connectivity index (χ4v) is 2.77. The number of nitrogens with zero attached hydrogens (tertiary/aromatic N) is 2. The Morgan fingerprint density at radius 3 is 2.50 bits per heavy atom. The molecule has 0 aromatic heterocycles. The van der Waals surface area contributed by atoms with Crippen LogP contribution in [0.25, 0.3) is 0 Å². The summed E-state index contributed by atoms with van der Waals surface area (Å²) >= 11 is 0. The molecule has 0 saturated heterocycles. The van der Waals surface area contributed by atoms with Gasteiger partial charge in [0, 0.05) is 30.3 Å². The molecule has 0 amide bonds. The second kappa shape index (κ2) is 5.77. The lowest BCUT2D eigenvalue weighted by molar-refractivity contribution is -0.384. The number of nitro benzene ring substituents is 1. The lowest BCUT2D eigenvalue weighted by Crippen LogP contribution is -2.23. The summed E-state index contributed by atoms with van der Waals surface area (Å²) < 4.78 is 36.7. The normalized spacial score (nSPS) is 18.2. The molecule has 0 bridgehead atoms. The fraction of sp³-hybridized carbons (Fsp3) is 0.312. The number of benzene rings is 1. The van der Waals surface area contributed by atoms with Crippen LogP contribution in [0.4, 0.5) is 24.5 Å². The number of anilines is 1. The molecule has 0 fully saturated rings. The van der Waals surface area contributed by atoms with Gasteiger partial charge < -0.3 is 4.90 Å². The fourth-order valence-electron chi connectivity index (χ4n) is 2.77. The van der Waals surface area contributed by atoms with Crippen LogP contribution in [-0.4, -0.2) is 23.9 Å². The number of carbonyl (C=O) groups excluding carboxylic acids is 1. The molecule has 128 valence electrons. The van der Waals surface area contributed by atoms with E-state index in [1.165, 1.54) is 18.2 Å². The molecule has 1 aliphatic heterocycles. The van der Waals surface area contributed by atoms with Gasteiger partial charge in [-0.05, 0) is 23.8 Å². The lowest BCUT2D eigenvalue weighted by atomic mass is 9.83. The zero-order chi connectivity index (χ0) is 18.3. The molecule has 1 aromatic carbocycles. The Morgan fingerprint density at radius 1 is 1.33 bits per heavy atom. The second-order valence-electron chi connectivity index (χ2n) is 5.92. The Morgan fingerprint density at radius 2 is 1.96 bits per heavy atom. The number of fused-ring (bicyclic) bond motifs is 1. The molecule has 0 aliphatic carbocycles. The van der Waals surface area contributed by atoms with E-state index in [-0.39, 0.29) is 5.69 Å². The van der Waals surface area contributed by atoms with E-state index in [4.69, 9.17) is 0 Å². The maximum atomic E-state index is 12.2. The van der Waals surface area contributed by atoms with Crippen LogP contribution in [0.5, 0.6) is 0 Å². The standard InChI is InChI=1S/C16H15F3N2O3/c1-15(2)11-8-7-10(21(23)24)9-12(11)20(3)13(15)5-4-6-14(22)16(17,18)19/h4-9H,1-3H3/b6-4+,13-5+. The SMILES string of the molecule is CN1/C(=C/C=C/C(=O)C(F)(F)F)C(C)(C)c2ccc([N+](=O)[O-])cc21. The minimum atomic E-state index is -4.91. The number of likely N-dealkylation sites (N-methyl/N-ethyl adjacent to an activating group) is 1. The molecule has 1 heterocycles. The van der Waals surface area contributed by atoms with Crippen molar-refractivity contribution in [1.82, 2.24) is 0 Å². The minimum Gasteiger partial charge on any atom is -0.347 e. The van der Waals surface area contributed by atoms with E-state index in [1.54, 1.807) is 18.0 Å². The van der Waals surface area contributed by atoms with Crippen molar-refractivity contribution in [3.8, 4) is 0 Å². The Kier molecular flexibility index (Phi) is 4.26. The Balaban J connectivity index is 2.40. The number of allylic oxidation sites excluding steroid dienone is 4. The lowest BCUT2D eigenvalue weighted by Gasteiger charge is -2.23. The first kappa shape index (κ1) is 17.7. The van der Waals surface area contributed by atoms with Crippen molar-refractivity contribution in [2.24, 2.45) is 0 Å². The molecule has 8 heteroatoms. The van der Waals surface area contributed by atoms with Gasteiger partial charge in [0.15, 0.2) is 0 Å². The summed E-state index contributed by atoms with van der Waals surface area (Å²) in [6.07, 6.45) is -1.99. The molecule has 5 nitrogen and oxygen atoms in total. The highest BCUT2D eigenvalue weighted by atomic mass is 19.4. The topological polar surface area (TPSA) is 63.5 Å². The van der Waals surface area contributed by atoms with Crippen LogP contribution in [-0.2, 0) is 10.2 Å². The maximum absolute atomic E-state index is 12.2. The highest BCUT2D eigenvalue weighted by Crippen LogP contribution is 2.47. The van der Waals surface area contributed by atoms with Gasteiger partial charge in [0.05, 0.1) is 10.6 Å². The van der Waals surface area contributed by atoms with Crippen molar-refractivity contribution >= 4 is 17.2 Å². The molecule has 2 rings (SSSR count). The summed E-state index contributed by atoms with van der Waals surface area (Å²) in [7, 11) is 1.67. The highest BCUT2D eigenvalue weighted by Gasteiger charge is 2.39. The highest BCUT2D eigenvalue weighted by molar-refractivity contribution is 5.94. The van der Waals surface area contributed by atoms with Crippen LogP contribution in [0.3, 0.4) is 0 Å². The number of hydrogen-bond donors (Lipinski definition) is 0. The van der Waals surface area contributed by atoms with Crippen molar-refractivity contribution in [2.75, 3.05) is 11.9 Å². The number of alkyl halides is 3. The summed E-state index contributed by atoms with van der Waals surface area (Å²) in [5.74, 6) is -1.94. The molecule has 0 spiro atoms. The molecular formula is C16H15F3N2O3. The Labute approximate surface area is 136 Å². The third-order valence-electron chi connectivity index (χ3n) is 4.01. The number of halogens is 3. The van der Waals surface area contributed by atoms with Crippen LogP contribution in [0, 0.1) is 10.1 Å². The number of nitro groups is 1. The van der Waals surface area contributed by atoms with Gasteiger partial charge in [-0.1, -0.05) is 19.9 Å². The predicted molar refractivity (Wildman–Crippen MR) is 82.8 cm³/mol. The first-order valence-electron chi connectivity index (χ1n) is 6.99. The van der Waals surface area contributed by atoms with Gasteiger partial charge in [-0.25, -0.2) is 0 Å². The zero-order valence-electron chi connectivity index (χ0n) is 13.2. The van der Waals surface area contributed by atoms with E-state index in [2.05, 4.69) is 0 Å². The predicted octanol–water partition coefficient (Wildman–Crippen LogP) is 3.89. The van der Waals surface area contributed by atoms with Gasteiger partial charge in [0.25, 0.3) is 11.5 Å². The average Bonchev–Trinajstić information content (AvgIpc) is 2.66. The third kappa shape index (κ3) is 3.04. The van der Waals surface area contributed by atoms with Crippen molar-refractivity contribution < 1.29 is 22.9 Å².